The minimum atomic E-state index is -0.505. The largest absolute Gasteiger partial charge is 0.490 e. The summed E-state index contributed by atoms with van der Waals surface area (Å²) in [6.07, 6.45) is 0.517. The fraction of sp³-hybridized carbons (Fsp3) is 0.167. The number of amides is 1. The maximum absolute atomic E-state index is 12.0. The van der Waals surface area contributed by atoms with E-state index in [9.17, 15) is 14.4 Å². The first-order valence-corrected chi connectivity index (χ1v) is 7.41. The molecule has 1 aliphatic rings. The molecule has 24 heavy (non-hydrogen) atoms. The van der Waals surface area contributed by atoms with Gasteiger partial charge in [-0.05, 0) is 36.4 Å². The van der Waals surface area contributed by atoms with Crippen molar-refractivity contribution in [3.63, 3.8) is 0 Å². The lowest BCUT2D eigenvalue weighted by molar-refractivity contribution is 0.105. The molecule has 1 aliphatic heterocycles. The Labute approximate surface area is 138 Å². The number of benzene rings is 2. The first-order valence-electron chi connectivity index (χ1n) is 7.41. The van der Waals surface area contributed by atoms with Gasteiger partial charge in [-0.15, -0.1) is 0 Å². The van der Waals surface area contributed by atoms with Crippen molar-refractivity contribution in [1.82, 2.24) is 0 Å². The number of anilines is 1. The molecular weight excluding hydrogens is 310 g/mol. The molecule has 1 heterocycles. The number of carbonyl (C=O) groups is 3. The van der Waals surface area contributed by atoms with Gasteiger partial charge in [-0.3, -0.25) is 14.5 Å². The van der Waals surface area contributed by atoms with Gasteiger partial charge in [-0.25, -0.2) is 4.79 Å². The predicted octanol–water partition coefficient (Wildman–Crippen LogP) is 2.72. The van der Waals surface area contributed by atoms with Gasteiger partial charge in [0, 0.05) is 11.1 Å². The fourth-order valence-electron chi connectivity index (χ4n) is 2.47. The van der Waals surface area contributed by atoms with Crippen molar-refractivity contribution in [2.45, 2.75) is 6.10 Å². The smallest absolute Gasteiger partial charge is 0.414 e. The summed E-state index contributed by atoms with van der Waals surface area (Å²) in [5, 5.41) is 0. The van der Waals surface area contributed by atoms with E-state index in [2.05, 4.69) is 0 Å². The molecular formula is C18H15NO5. The highest BCUT2D eigenvalue weighted by atomic mass is 16.6. The van der Waals surface area contributed by atoms with E-state index in [-0.39, 0.29) is 6.61 Å². The number of para-hydroxylation sites is 1. The first-order chi connectivity index (χ1) is 11.7. The van der Waals surface area contributed by atoms with Gasteiger partial charge in [0.25, 0.3) is 0 Å². The van der Waals surface area contributed by atoms with E-state index < -0.39 is 12.2 Å². The van der Waals surface area contributed by atoms with Crippen LogP contribution in [0.5, 0.6) is 5.75 Å². The lowest BCUT2D eigenvalue weighted by atomic mass is 10.2. The summed E-state index contributed by atoms with van der Waals surface area (Å²) in [6, 6.07) is 13.5. The highest BCUT2D eigenvalue weighted by Gasteiger charge is 2.33. The number of hydrogen-bond donors (Lipinski definition) is 0. The normalized spacial score (nSPS) is 16.6. The van der Waals surface area contributed by atoms with Crippen LogP contribution in [0.4, 0.5) is 10.5 Å². The number of rotatable bonds is 6. The van der Waals surface area contributed by atoms with E-state index in [1.807, 2.05) is 0 Å². The number of nitrogens with zero attached hydrogens (tertiary/aromatic N) is 1. The molecule has 0 spiro atoms. The highest BCUT2D eigenvalue weighted by Crippen LogP contribution is 2.25. The number of cyclic esters (lactones) is 1. The maximum Gasteiger partial charge on any atom is 0.414 e. The van der Waals surface area contributed by atoms with Crippen molar-refractivity contribution in [2.24, 2.45) is 0 Å². The van der Waals surface area contributed by atoms with Crippen LogP contribution in [0.15, 0.2) is 48.5 Å². The first kappa shape index (κ1) is 15.7. The molecule has 0 saturated carbocycles. The Kier molecular flexibility index (Phi) is 4.56. The minimum absolute atomic E-state index is 0.186. The third-order valence-electron chi connectivity index (χ3n) is 3.68. The lowest BCUT2D eigenvalue weighted by Crippen LogP contribution is -2.27. The summed E-state index contributed by atoms with van der Waals surface area (Å²) in [5.41, 5.74) is 1.52. The monoisotopic (exact) mass is 325 g/mol. The molecule has 1 unspecified atom stereocenters. The summed E-state index contributed by atoms with van der Waals surface area (Å²) >= 11 is 0. The van der Waals surface area contributed by atoms with Gasteiger partial charge in [-0.1, -0.05) is 12.1 Å². The molecule has 6 heteroatoms. The molecule has 0 aliphatic carbocycles. The molecule has 2 aromatic rings. The lowest BCUT2D eigenvalue weighted by Gasteiger charge is -2.15. The van der Waals surface area contributed by atoms with Crippen LogP contribution in [0.2, 0.25) is 0 Å². The Morgan fingerprint density at radius 3 is 2.54 bits per heavy atom. The molecule has 0 aromatic heterocycles. The number of aldehydes is 2. The topological polar surface area (TPSA) is 72.9 Å². The molecule has 1 amide bonds. The van der Waals surface area contributed by atoms with Crippen LogP contribution in [0.3, 0.4) is 0 Å². The second-order valence-corrected chi connectivity index (χ2v) is 5.29. The van der Waals surface area contributed by atoms with Crippen LogP contribution < -0.4 is 9.64 Å². The standard InChI is InChI=1S/C18H15NO5/c20-10-13-5-7-15(8-6-13)23-12-16-9-19(18(22)24-16)17-4-2-1-3-14(17)11-21/h1-8,10-11,16H,9,12H2. The Morgan fingerprint density at radius 2 is 1.83 bits per heavy atom. The highest BCUT2D eigenvalue weighted by molar-refractivity contribution is 5.96. The van der Waals surface area contributed by atoms with Gasteiger partial charge in [0.15, 0.2) is 12.4 Å². The van der Waals surface area contributed by atoms with E-state index in [0.29, 0.717) is 35.4 Å². The molecule has 122 valence electrons. The second-order valence-electron chi connectivity index (χ2n) is 5.29. The van der Waals surface area contributed by atoms with Crippen molar-refractivity contribution in [3.05, 3.63) is 59.7 Å². The minimum Gasteiger partial charge on any atom is -0.490 e. The number of ether oxygens (including phenoxy) is 2. The summed E-state index contributed by atoms with van der Waals surface area (Å²) in [4.78, 5) is 35.2. The summed E-state index contributed by atoms with van der Waals surface area (Å²) in [6.45, 7) is 0.488. The van der Waals surface area contributed by atoms with Crippen LogP contribution in [0, 0.1) is 0 Å². The summed E-state index contributed by atoms with van der Waals surface area (Å²) in [7, 11) is 0. The van der Waals surface area contributed by atoms with Gasteiger partial charge in [-0.2, -0.15) is 0 Å². The zero-order chi connectivity index (χ0) is 16.9. The van der Waals surface area contributed by atoms with Crippen molar-refractivity contribution >= 4 is 24.4 Å². The van der Waals surface area contributed by atoms with Gasteiger partial charge < -0.3 is 9.47 Å². The zero-order valence-corrected chi connectivity index (χ0v) is 12.8. The molecule has 2 aromatic carbocycles. The van der Waals surface area contributed by atoms with Crippen LogP contribution in [-0.4, -0.2) is 37.9 Å². The molecule has 1 saturated heterocycles. The van der Waals surface area contributed by atoms with Crippen LogP contribution in [-0.2, 0) is 4.74 Å². The van der Waals surface area contributed by atoms with E-state index in [1.54, 1.807) is 48.5 Å². The Balaban J connectivity index is 1.64. The SMILES string of the molecule is O=Cc1ccc(OCC2CN(c3ccccc3C=O)C(=O)O2)cc1. The summed E-state index contributed by atoms with van der Waals surface area (Å²) in [5.74, 6) is 0.586. The molecule has 0 radical (unpaired) electrons. The third kappa shape index (κ3) is 3.27. The van der Waals surface area contributed by atoms with Crippen molar-refractivity contribution < 1.29 is 23.9 Å². The van der Waals surface area contributed by atoms with Crippen LogP contribution in [0.25, 0.3) is 0 Å². The number of hydrogen-bond acceptors (Lipinski definition) is 5. The van der Waals surface area contributed by atoms with Gasteiger partial charge >= 0.3 is 6.09 Å². The van der Waals surface area contributed by atoms with Gasteiger partial charge in [0.05, 0.1) is 12.2 Å². The predicted molar refractivity (Wildman–Crippen MR) is 86.8 cm³/mol. The van der Waals surface area contributed by atoms with E-state index in [1.165, 1.54) is 4.90 Å². The third-order valence-corrected chi connectivity index (χ3v) is 3.68. The molecule has 1 atom stereocenters. The van der Waals surface area contributed by atoms with Crippen molar-refractivity contribution in [3.8, 4) is 5.75 Å². The quantitative estimate of drug-likeness (QED) is 0.764. The maximum atomic E-state index is 12.0. The second kappa shape index (κ2) is 6.95. The molecule has 0 N–H and O–H groups in total. The van der Waals surface area contributed by atoms with Crippen LogP contribution >= 0.6 is 0 Å². The van der Waals surface area contributed by atoms with Crippen molar-refractivity contribution in [1.29, 1.82) is 0 Å². The molecule has 1 fully saturated rings. The molecule has 0 bridgehead atoms. The van der Waals surface area contributed by atoms with E-state index in [0.717, 1.165) is 6.29 Å². The summed E-state index contributed by atoms with van der Waals surface area (Å²) < 4.78 is 10.9. The molecule has 3 rings (SSSR count). The van der Waals surface area contributed by atoms with Crippen molar-refractivity contribution in [2.75, 3.05) is 18.1 Å². The average molecular weight is 325 g/mol. The van der Waals surface area contributed by atoms with E-state index in [4.69, 9.17) is 9.47 Å². The fourth-order valence-corrected chi connectivity index (χ4v) is 2.47. The number of carbonyl (C=O) groups excluding carboxylic acids is 3. The van der Waals surface area contributed by atoms with Gasteiger partial charge in [0.2, 0.25) is 0 Å². The zero-order valence-electron chi connectivity index (χ0n) is 12.8. The Bertz CT molecular complexity index is 756. The van der Waals surface area contributed by atoms with Crippen LogP contribution in [0.1, 0.15) is 20.7 Å². The van der Waals surface area contributed by atoms with Gasteiger partial charge in [0.1, 0.15) is 18.6 Å². The average Bonchev–Trinajstić information content (AvgIpc) is 3.01. The molecule has 6 nitrogen and oxygen atoms in total. The Hall–Kier alpha value is -3.15. The Morgan fingerprint density at radius 1 is 1.08 bits per heavy atom. The van der Waals surface area contributed by atoms with E-state index >= 15 is 0 Å².